The third-order valence-corrected chi connectivity index (χ3v) is 2.95. The van der Waals surface area contributed by atoms with Crippen molar-refractivity contribution in [2.45, 2.75) is 24.9 Å². The van der Waals surface area contributed by atoms with Crippen molar-refractivity contribution in [3.05, 3.63) is 47.7 Å². The van der Waals surface area contributed by atoms with E-state index in [-0.39, 0.29) is 6.10 Å². The van der Waals surface area contributed by atoms with Crippen LogP contribution < -0.4 is 0 Å². The largest absolute Gasteiger partial charge is 0.422 e. The topological polar surface area (TPSA) is 48.2 Å². The molecule has 1 atom stereocenters. The Labute approximate surface area is 99.6 Å². The minimum Gasteiger partial charge on any atom is -0.422 e. The van der Waals surface area contributed by atoms with Crippen LogP contribution >= 0.6 is 0 Å². The Hall–Kier alpha value is -1.68. The normalized spacial score (nSPS) is 17.0. The van der Waals surface area contributed by atoms with Crippen molar-refractivity contribution >= 4 is 0 Å². The summed E-state index contributed by atoms with van der Waals surface area (Å²) in [5.41, 5.74) is 1.03. The van der Waals surface area contributed by atoms with Gasteiger partial charge in [-0.15, -0.1) is 10.2 Å². The first-order chi connectivity index (χ1) is 8.38. The van der Waals surface area contributed by atoms with E-state index in [2.05, 4.69) is 10.2 Å². The van der Waals surface area contributed by atoms with Crippen molar-refractivity contribution in [2.75, 3.05) is 7.11 Å². The zero-order chi connectivity index (χ0) is 11.7. The third kappa shape index (κ3) is 2.08. The van der Waals surface area contributed by atoms with Crippen molar-refractivity contribution < 1.29 is 9.15 Å². The van der Waals surface area contributed by atoms with Gasteiger partial charge in [0.15, 0.2) is 6.10 Å². The van der Waals surface area contributed by atoms with Crippen molar-refractivity contribution in [1.82, 2.24) is 10.2 Å². The number of ether oxygens (including phenoxy) is 1. The first-order valence-corrected chi connectivity index (χ1v) is 5.79. The Morgan fingerprint density at radius 1 is 1.24 bits per heavy atom. The maximum absolute atomic E-state index is 5.67. The van der Waals surface area contributed by atoms with Crippen LogP contribution in [0, 0.1) is 0 Å². The molecule has 0 N–H and O–H groups in total. The molecule has 1 aromatic carbocycles. The van der Waals surface area contributed by atoms with Gasteiger partial charge in [-0.1, -0.05) is 30.3 Å². The van der Waals surface area contributed by atoms with E-state index < -0.39 is 0 Å². The molecule has 1 saturated carbocycles. The molecule has 17 heavy (non-hydrogen) atoms. The average molecular weight is 230 g/mol. The van der Waals surface area contributed by atoms with Crippen molar-refractivity contribution in [2.24, 2.45) is 0 Å². The Morgan fingerprint density at radius 3 is 2.65 bits per heavy atom. The van der Waals surface area contributed by atoms with E-state index in [1.807, 2.05) is 30.3 Å². The number of nitrogens with zero attached hydrogens (tertiary/aromatic N) is 2. The SMILES string of the molecule is COC(c1ccccc1)c1nnc(C2CC2)o1. The number of rotatable bonds is 4. The monoisotopic (exact) mass is 230 g/mol. The number of hydrogen-bond donors (Lipinski definition) is 0. The first-order valence-electron chi connectivity index (χ1n) is 5.79. The highest BCUT2D eigenvalue weighted by Crippen LogP contribution is 2.40. The molecule has 0 spiro atoms. The summed E-state index contributed by atoms with van der Waals surface area (Å²) >= 11 is 0. The summed E-state index contributed by atoms with van der Waals surface area (Å²) in [6, 6.07) is 9.91. The van der Waals surface area contributed by atoms with Gasteiger partial charge in [-0.3, -0.25) is 0 Å². The lowest BCUT2D eigenvalue weighted by Gasteiger charge is -2.10. The third-order valence-electron chi connectivity index (χ3n) is 2.95. The van der Waals surface area contributed by atoms with Gasteiger partial charge in [-0.25, -0.2) is 0 Å². The zero-order valence-corrected chi connectivity index (χ0v) is 9.67. The molecule has 3 rings (SSSR count). The first kappa shape index (κ1) is 10.5. The van der Waals surface area contributed by atoms with Crippen LogP contribution in [0.1, 0.15) is 42.2 Å². The molecular weight excluding hydrogens is 216 g/mol. The standard InChI is InChI=1S/C13H14N2O2/c1-16-11(9-5-3-2-4-6-9)13-15-14-12(17-13)10-7-8-10/h2-6,10-11H,7-8H2,1H3. The molecule has 0 radical (unpaired) electrons. The van der Waals surface area contributed by atoms with Crippen molar-refractivity contribution in [3.63, 3.8) is 0 Å². The molecular formula is C13H14N2O2. The van der Waals surface area contributed by atoms with E-state index in [1.54, 1.807) is 7.11 Å². The van der Waals surface area contributed by atoms with Gasteiger partial charge in [0.05, 0.1) is 0 Å². The molecule has 1 aliphatic carbocycles. The van der Waals surface area contributed by atoms with Gasteiger partial charge in [0.1, 0.15) is 0 Å². The van der Waals surface area contributed by atoms with E-state index in [0.29, 0.717) is 11.8 Å². The van der Waals surface area contributed by atoms with Gasteiger partial charge in [-0.05, 0) is 18.4 Å². The minimum atomic E-state index is -0.267. The second-order valence-electron chi connectivity index (χ2n) is 4.28. The molecule has 1 unspecified atom stereocenters. The van der Waals surface area contributed by atoms with Crippen LogP contribution in [0.2, 0.25) is 0 Å². The number of hydrogen-bond acceptors (Lipinski definition) is 4. The highest BCUT2D eigenvalue weighted by molar-refractivity contribution is 5.22. The Morgan fingerprint density at radius 2 is 2.00 bits per heavy atom. The van der Waals surface area contributed by atoms with Crippen LogP contribution in [0.4, 0.5) is 0 Å². The van der Waals surface area contributed by atoms with Gasteiger partial charge in [0.25, 0.3) is 0 Å². The van der Waals surface area contributed by atoms with Crippen LogP contribution in [0.5, 0.6) is 0 Å². The predicted molar refractivity (Wildman–Crippen MR) is 61.6 cm³/mol. The van der Waals surface area contributed by atoms with Gasteiger partial charge in [-0.2, -0.15) is 0 Å². The highest BCUT2D eigenvalue weighted by atomic mass is 16.5. The smallest absolute Gasteiger partial charge is 0.249 e. The van der Waals surface area contributed by atoms with Crippen molar-refractivity contribution in [1.29, 1.82) is 0 Å². The number of benzene rings is 1. The van der Waals surface area contributed by atoms with Crippen LogP contribution in [0.25, 0.3) is 0 Å². The summed E-state index contributed by atoms with van der Waals surface area (Å²) in [7, 11) is 1.65. The summed E-state index contributed by atoms with van der Waals surface area (Å²) in [4.78, 5) is 0. The molecule has 0 amide bonds. The molecule has 0 aliphatic heterocycles. The number of methoxy groups -OCH3 is 1. The fraction of sp³-hybridized carbons (Fsp3) is 0.385. The Balaban J connectivity index is 1.88. The number of aromatic nitrogens is 2. The van der Waals surface area contributed by atoms with E-state index >= 15 is 0 Å². The lowest BCUT2D eigenvalue weighted by molar-refractivity contribution is 0.110. The van der Waals surface area contributed by atoms with Gasteiger partial charge >= 0.3 is 0 Å². The summed E-state index contributed by atoms with van der Waals surface area (Å²) in [6.07, 6.45) is 2.05. The van der Waals surface area contributed by atoms with Crippen LogP contribution in [0.15, 0.2) is 34.7 Å². The quantitative estimate of drug-likeness (QED) is 0.810. The van der Waals surface area contributed by atoms with Crippen LogP contribution in [-0.4, -0.2) is 17.3 Å². The summed E-state index contributed by atoms with van der Waals surface area (Å²) in [5.74, 6) is 1.77. The van der Waals surface area contributed by atoms with Gasteiger partial charge < -0.3 is 9.15 Å². The predicted octanol–water partition coefficient (Wildman–Crippen LogP) is 2.68. The molecule has 1 heterocycles. The highest BCUT2D eigenvalue weighted by Gasteiger charge is 2.31. The molecule has 88 valence electrons. The summed E-state index contributed by atoms with van der Waals surface area (Å²) in [6.45, 7) is 0. The molecule has 4 heteroatoms. The molecule has 1 fully saturated rings. The zero-order valence-electron chi connectivity index (χ0n) is 9.67. The summed E-state index contributed by atoms with van der Waals surface area (Å²) < 4.78 is 11.1. The molecule has 2 aromatic rings. The molecule has 0 bridgehead atoms. The maximum atomic E-state index is 5.67. The minimum absolute atomic E-state index is 0.267. The second kappa shape index (κ2) is 4.30. The van der Waals surface area contributed by atoms with Crippen LogP contribution in [-0.2, 0) is 4.74 Å². The van der Waals surface area contributed by atoms with E-state index in [9.17, 15) is 0 Å². The maximum Gasteiger partial charge on any atom is 0.249 e. The second-order valence-corrected chi connectivity index (χ2v) is 4.28. The summed E-state index contributed by atoms with van der Waals surface area (Å²) in [5, 5.41) is 8.16. The van der Waals surface area contributed by atoms with E-state index in [4.69, 9.17) is 9.15 Å². The fourth-order valence-electron chi connectivity index (χ4n) is 1.86. The van der Waals surface area contributed by atoms with Crippen LogP contribution in [0.3, 0.4) is 0 Å². The Kier molecular flexibility index (Phi) is 2.65. The van der Waals surface area contributed by atoms with Gasteiger partial charge in [0.2, 0.25) is 11.8 Å². The lowest BCUT2D eigenvalue weighted by atomic mass is 10.1. The fourth-order valence-corrected chi connectivity index (χ4v) is 1.86. The molecule has 0 saturated heterocycles. The van der Waals surface area contributed by atoms with E-state index in [1.165, 1.54) is 0 Å². The van der Waals surface area contributed by atoms with Crippen molar-refractivity contribution in [3.8, 4) is 0 Å². The van der Waals surface area contributed by atoms with Gasteiger partial charge in [0, 0.05) is 13.0 Å². The van der Waals surface area contributed by atoms with E-state index in [0.717, 1.165) is 24.3 Å². The average Bonchev–Trinajstić information content (AvgIpc) is 3.12. The molecule has 1 aliphatic rings. The Bertz CT molecular complexity index is 491. The lowest BCUT2D eigenvalue weighted by Crippen LogP contribution is -2.03. The molecule has 4 nitrogen and oxygen atoms in total. The molecule has 1 aromatic heterocycles.